The lowest BCUT2D eigenvalue weighted by molar-refractivity contribution is -0.151. The molecular formula is C23H26BrClN2O5S. The van der Waals surface area contributed by atoms with E-state index in [-0.39, 0.29) is 35.8 Å². The molecule has 1 amide bonds. The molecule has 10 heteroatoms. The Morgan fingerprint density at radius 1 is 1.12 bits per heavy atom. The van der Waals surface area contributed by atoms with Crippen molar-refractivity contribution >= 4 is 49.4 Å². The van der Waals surface area contributed by atoms with E-state index < -0.39 is 10.0 Å². The van der Waals surface area contributed by atoms with Crippen LogP contribution < -0.4 is 0 Å². The summed E-state index contributed by atoms with van der Waals surface area (Å²) in [5, 5.41) is 0.427. The highest BCUT2D eigenvalue weighted by Crippen LogP contribution is 2.25. The fourth-order valence-corrected chi connectivity index (χ4v) is 5.50. The van der Waals surface area contributed by atoms with Gasteiger partial charge in [-0.2, -0.15) is 4.31 Å². The van der Waals surface area contributed by atoms with Crippen molar-refractivity contribution < 1.29 is 22.7 Å². The number of rotatable bonds is 8. The van der Waals surface area contributed by atoms with Crippen LogP contribution in [0.25, 0.3) is 0 Å². The predicted molar refractivity (Wildman–Crippen MR) is 129 cm³/mol. The van der Waals surface area contributed by atoms with Gasteiger partial charge in [-0.15, -0.1) is 0 Å². The number of halogens is 2. The minimum Gasteiger partial charge on any atom is -0.466 e. The molecule has 7 nitrogen and oxygen atoms in total. The number of carbonyl (C=O) groups is 2. The second-order valence-corrected chi connectivity index (χ2v) is 11.0. The van der Waals surface area contributed by atoms with Gasteiger partial charge in [-0.05, 0) is 55.7 Å². The smallest absolute Gasteiger partial charge is 0.309 e. The van der Waals surface area contributed by atoms with Gasteiger partial charge in [-0.1, -0.05) is 45.7 Å². The van der Waals surface area contributed by atoms with Gasteiger partial charge in [0.25, 0.3) is 0 Å². The molecular weight excluding hydrogens is 532 g/mol. The molecule has 0 spiro atoms. The lowest BCUT2D eigenvalue weighted by atomic mass is 9.97. The quantitative estimate of drug-likeness (QED) is 0.457. The third-order valence-corrected chi connectivity index (χ3v) is 8.24. The molecule has 1 aliphatic rings. The zero-order chi connectivity index (χ0) is 24.0. The summed E-state index contributed by atoms with van der Waals surface area (Å²) in [6.07, 6.45) is 0.989. The van der Waals surface area contributed by atoms with Gasteiger partial charge in [0, 0.05) is 29.1 Å². The summed E-state index contributed by atoms with van der Waals surface area (Å²) < 4.78 is 33.8. The van der Waals surface area contributed by atoms with Crippen molar-refractivity contribution in [3.63, 3.8) is 0 Å². The zero-order valence-electron chi connectivity index (χ0n) is 18.2. The first-order valence-electron chi connectivity index (χ1n) is 10.7. The van der Waals surface area contributed by atoms with Crippen molar-refractivity contribution in [2.24, 2.45) is 5.92 Å². The van der Waals surface area contributed by atoms with E-state index in [1.54, 1.807) is 48.2 Å². The fourth-order valence-electron chi connectivity index (χ4n) is 3.67. The average molecular weight is 558 g/mol. The van der Waals surface area contributed by atoms with Crippen LogP contribution >= 0.6 is 27.5 Å². The highest BCUT2D eigenvalue weighted by Gasteiger charge is 2.32. The first kappa shape index (κ1) is 25.7. The van der Waals surface area contributed by atoms with Crippen molar-refractivity contribution in [1.82, 2.24) is 9.21 Å². The molecule has 1 saturated heterocycles. The van der Waals surface area contributed by atoms with E-state index >= 15 is 0 Å². The lowest BCUT2D eigenvalue weighted by Crippen LogP contribution is -2.46. The third-order valence-electron chi connectivity index (χ3n) is 5.54. The number of ether oxygens (including phenoxy) is 1. The van der Waals surface area contributed by atoms with E-state index in [9.17, 15) is 18.0 Å². The van der Waals surface area contributed by atoms with Gasteiger partial charge in [0.1, 0.15) is 0 Å². The van der Waals surface area contributed by atoms with Crippen molar-refractivity contribution in [3.05, 3.63) is 63.6 Å². The molecule has 3 rings (SSSR count). The van der Waals surface area contributed by atoms with E-state index in [2.05, 4.69) is 15.9 Å². The summed E-state index contributed by atoms with van der Waals surface area (Å²) in [7, 11) is -3.97. The van der Waals surface area contributed by atoms with E-state index in [0.29, 0.717) is 43.1 Å². The van der Waals surface area contributed by atoms with Crippen LogP contribution in [0.1, 0.15) is 25.3 Å². The molecule has 0 radical (unpaired) electrons. The lowest BCUT2D eigenvalue weighted by Gasteiger charge is -2.32. The van der Waals surface area contributed by atoms with Gasteiger partial charge >= 0.3 is 5.97 Å². The second-order valence-electron chi connectivity index (χ2n) is 7.73. The minimum absolute atomic E-state index is 0.0386. The Bertz CT molecular complexity index is 1090. The number of likely N-dealkylation sites (tertiary alicyclic amines) is 1. The largest absolute Gasteiger partial charge is 0.466 e. The van der Waals surface area contributed by atoms with Crippen LogP contribution in [0.5, 0.6) is 0 Å². The van der Waals surface area contributed by atoms with Gasteiger partial charge in [-0.25, -0.2) is 8.42 Å². The molecule has 2 aromatic rings. The summed E-state index contributed by atoms with van der Waals surface area (Å²) >= 11 is 9.59. The van der Waals surface area contributed by atoms with Crippen LogP contribution in [-0.2, 0) is 30.9 Å². The summed E-state index contributed by atoms with van der Waals surface area (Å²) in [5.74, 6) is -0.799. The maximum atomic E-state index is 13.4. The number of nitrogens with zero attached hydrogens (tertiary/aromatic N) is 2. The molecule has 0 atom stereocenters. The topological polar surface area (TPSA) is 84.0 Å². The van der Waals surface area contributed by atoms with E-state index in [1.807, 2.05) is 0 Å². The molecule has 0 unspecified atom stereocenters. The number of benzene rings is 2. The number of sulfonamides is 1. The number of hydrogen-bond acceptors (Lipinski definition) is 5. The maximum Gasteiger partial charge on any atom is 0.309 e. The van der Waals surface area contributed by atoms with Gasteiger partial charge < -0.3 is 9.64 Å². The summed E-state index contributed by atoms with van der Waals surface area (Å²) in [4.78, 5) is 26.7. The Kier molecular flexibility index (Phi) is 8.92. The predicted octanol–water partition coefficient (Wildman–Crippen LogP) is 4.10. The fraction of sp³-hybridized carbons (Fsp3) is 0.391. The molecule has 33 heavy (non-hydrogen) atoms. The Morgan fingerprint density at radius 3 is 2.36 bits per heavy atom. The SMILES string of the molecule is CCOC(=O)C1CCN(C(=O)CN(Cc2ccccc2Cl)S(=O)(=O)c2ccc(Br)cc2)CC1. The van der Waals surface area contributed by atoms with Crippen LogP contribution in [0.2, 0.25) is 5.02 Å². The molecule has 1 heterocycles. The van der Waals surface area contributed by atoms with Crippen LogP contribution in [0.3, 0.4) is 0 Å². The Morgan fingerprint density at radius 2 is 1.76 bits per heavy atom. The number of esters is 1. The Balaban J connectivity index is 1.78. The van der Waals surface area contributed by atoms with Gasteiger partial charge in [0.05, 0.1) is 24.0 Å². The molecule has 0 bridgehead atoms. The zero-order valence-corrected chi connectivity index (χ0v) is 21.4. The molecule has 0 saturated carbocycles. The normalized spacial score (nSPS) is 15.0. The van der Waals surface area contributed by atoms with Gasteiger partial charge in [0.2, 0.25) is 15.9 Å². The highest BCUT2D eigenvalue weighted by atomic mass is 79.9. The van der Waals surface area contributed by atoms with Crippen LogP contribution in [0.15, 0.2) is 57.9 Å². The number of hydrogen-bond donors (Lipinski definition) is 0. The van der Waals surface area contributed by atoms with Crippen LogP contribution in [0, 0.1) is 5.92 Å². The second kappa shape index (κ2) is 11.5. The maximum absolute atomic E-state index is 13.4. The van der Waals surface area contributed by atoms with Crippen molar-refractivity contribution in [2.75, 3.05) is 26.2 Å². The molecule has 1 fully saturated rings. The number of carbonyl (C=O) groups excluding carboxylic acids is 2. The van der Waals surface area contributed by atoms with E-state index in [4.69, 9.17) is 16.3 Å². The molecule has 1 aliphatic heterocycles. The van der Waals surface area contributed by atoms with Crippen molar-refractivity contribution in [1.29, 1.82) is 0 Å². The Labute approximate surface area is 207 Å². The minimum atomic E-state index is -3.97. The number of amides is 1. The molecule has 0 aliphatic carbocycles. The average Bonchev–Trinajstić information content (AvgIpc) is 2.80. The first-order valence-corrected chi connectivity index (χ1v) is 13.3. The van der Waals surface area contributed by atoms with Crippen LogP contribution in [-0.4, -0.2) is 55.7 Å². The van der Waals surface area contributed by atoms with Crippen molar-refractivity contribution in [2.45, 2.75) is 31.2 Å². The molecule has 0 N–H and O–H groups in total. The third kappa shape index (κ3) is 6.56. The van der Waals surface area contributed by atoms with Gasteiger partial charge in [-0.3, -0.25) is 9.59 Å². The monoisotopic (exact) mass is 556 g/mol. The summed E-state index contributed by atoms with van der Waals surface area (Å²) in [6.45, 7) is 2.47. The number of piperidine rings is 1. The molecule has 2 aromatic carbocycles. The van der Waals surface area contributed by atoms with E-state index in [1.165, 1.54) is 12.1 Å². The standard InChI is InChI=1S/C23H26BrClN2O5S/c1-2-32-23(29)17-11-13-26(14-12-17)22(28)16-27(15-18-5-3-4-6-21(18)25)33(30,31)20-9-7-19(24)8-10-20/h3-10,17H,2,11-16H2,1H3. The summed E-state index contributed by atoms with van der Waals surface area (Å²) in [5.41, 5.74) is 0.605. The Hall–Kier alpha value is -1.94. The molecule has 178 valence electrons. The summed E-state index contributed by atoms with van der Waals surface area (Å²) in [6, 6.07) is 13.2. The first-order chi connectivity index (χ1) is 15.7. The van der Waals surface area contributed by atoms with Crippen LogP contribution in [0.4, 0.5) is 0 Å². The van der Waals surface area contributed by atoms with Crippen molar-refractivity contribution in [3.8, 4) is 0 Å². The highest BCUT2D eigenvalue weighted by molar-refractivity contribution is 9.10. The van der Waals surface area contributed by atoms with Gasteiger partial charge in [0.15, 0.2) is 0 Å². The molecule has 0 aromatic heterocycles. The van der Waals surface area contributed by atoms with E-state index in [0.717, 1.165) is 8.78 Å².